The number of carbonyl (C=O) groups is 1. The smallest absolute Gasteiger partial charge is 0.289 e. The van der Waals surface area contributed by atoms with E-state index in [-0.39, 0.29) is 18.4 Å². The van der Waals surface area contributed by atoms with Crippen molar-refractivity contribution in [2.24, 2.45) is 16.2 Å². The van der Waals surface area contributed by atoms with E-state index in [0.717, 1.165) is 5.56 Å². The Morgan fingerprint density at radius 1 is 1.38 bits per heavy atom. The summed E-state index contributed by atoms with van der Waals surface area (Å²) < 4.78 is 17.8. The van der Waals surface area contributed by atoms with E-state index in [9.17, 15) is 4.79 Å². The zero-order chi connectivity index (χ0) is 20.5. The number of nitrogens with zero attached hydrogens (tertiary/aromatic N) is 2. The van der Waals surface area contributed by atoms with Crippen LogP contribution in [-0.2, 0) is 9.63 Å². The first-order chi connectivity index (χ1) is 14.0. The quantitative estimate of drug-likeness (QED) is 0.449. The first-order valence-corrected chi connectivity index (χ1v) is 11.0. The fourth-order valence-electron chi connectivity index (χ4n) is 3.04. The number of nitrogens with one attached hydrogen (secondary N) is 1. The molecule has 8 nitrogen and oxygen atoms in total. The van der Waals surface area contributed by atoms with Crippen molar-refractivity contribution in [2.45, 2.75) is 13.0 Å². The Hall–Kier alpha value is -2.11. The highest BCUT2D eigenvalue weighted by atomic mass is 79.9. The van der Waals surface area contributed by atoms with Crippen LogP contribution in [0.25, 0.3) is 0 Å². The van der Waals surface area contributed by atoms with E-state index in [0.29, 0.717) is 31.8 Å². The molecule has 1 aromatic carbocycles. The van der Waals surface area contributed by atoms with Gasteiger partial charge in [-0.25, -0.2) is 5.43 Å². The molecule has 29 heavy (non-hydrogen) atoms. The third kappa shape index (κ3) is 3.62. The van der Waals surface area contributed by atoms with Gasteiger partial charge in [0.15, 0.2) is 23.3 Å². The van der Waals surface area contributed by atoms with Crippen LogP contribution >= 0.6 is 43.2 Å². The van der Waals surface area contributed by atoms with E-state index in [1.54, 1.807) is 24.7 Å². The van der Waals surface area contributed by atoms with Crippen molar-refractivity contribution >= 4 is 61.0 Å². The molecular formula is C18H15Br2N3O5S. The molecule has 0 spiro atoms. The van der Waals surface area contributed by atoms with Crippen LogP contribution in [0.3, 0.4) is 0 Å². The summed E-state index contributed by atoms with van der Waals surface area (Å²) in [6.45, 7) is 1.95. The maximum absolute atomic E-state index is 12.5. The summed E-state index contributed by atoms with van der Waals surface area (Å²) in [5.41, 5.74) is 4.36. The molecule has 4 rings (SSSR count). The minimum atomic E-state index is -0.538. The molecule has 2 aliphatic rings. The highest BCUT2D eigenvalue weighted by Crippen LogP contribution is 2.55. The molecule has 0 aliphatic carbocycles. The average molecular weight is 545 g/mol. The molecule has 1 amide bonds. The first kappa shape index (κ1) is 20.2. The van der Waals surface area contributed by atoms with Gasteiger partial charge in [0.1, 0.15) is 0 Å². The van der Waals surface area contributed by atoms with Crippen molar-refractivity contribution in [3.63, 3.8) is 0 Å². The maximum atomic E-state index is 12.5. The van der Waals surface area contributed by atoms with Crippen molar-refractivity contribution < 1.29 is 23.8 Å². The summed E-state index contributed by atoms with van der Waals surface area (Å²) in [5, 5.41) is 11.8. The van der Waals surface area contributed by atoms with E-state index >= 15 is 0 Å². The van der Waals surface area contributed by atoms with Crippen LogP contribution in [0.2, 0.25) is 0 Å². The number of rotatable bonds is 5. The van der Waals surface area contributed by atoms with Crippen LogP contribution in [0.15, 0.2) is 36.0 Å². The lowest BCUT2D eigenvalue weighted by Gasteiger charge is -2.20. The van der Waals surface area contributed by atoms with Gasteiger partial charge in [0.2, 0.25) is 12.5 Å². The number of thiophene rings is 1. The Balaban J connectivity index is 1.56. The number of hydrogen-bond donors (Lipinski definition) is 1. The van der Waals surface area contributed by atoms with E-state index in [1.165, 1.54) is 0 Å². The molecule has 0 saturated carbocycles. The predicted octanol–water partition coefficient (Wildman–Crippen LogP) is 4.22. The van der Waals surface area contributed by atoms with Gasteiger partial charge >= 0.3 is 0 Å². The highest BCUT2D eigenvalue weighted by Gasteiger charge is 2.41. The Labute approximate surface area is 187 Å². The fourth-order valence-corrected chi connectivity index (χ4v) is 5.40. The predicted molar refractivity (Wildman–Crippen MR) is 115 cm³/mol. The second-order valence-electron chi connectivity index (χ2n) is 6.19. The molecule has 11 heteroatoms. The number of hydrogen-bond acceptors (Lipinski definition) is 8. The van der Waals surface area contributed by atoms with Crippen molar-refractivity contribution in [3.05, 3.63) is 36.9 Å². The van der Waals surface area contributed by atoms with Gasteiger partial charge in [0, 0.05) is 11.1 Å². The monoisotopic (exact) mass is 543 g/mol. The number of hydrazone groups is 1. The standard InChI is InChI=1S/C18H15Br2N3O5S/c1-8-13(18(24)22-21-5-9-3-4-29-6-9)23-28-14(8)10-11(19)15(25-2)17-16(12(10)20)26-7-27-17/h3-6,8,14H,7H2,1-2H3,(H,22,24)/b21-5-/t8-,14+/m0/s1. The molecule has 1 aromatic heterocycles. The van der Waals surface area contributed by atoms with Crippen LogP contribution in [0.1, 0.15) is 24.2 Å². The number of ether oxygens (including phenoxy) is 3. The third-order valence-electron chi connectivity index (χ3n) is 4.48. The Morgan fingerprint density at radius 2 is 2.17 bits per heavy atom. The number of carbonyl (C=O) groups excluding carboxylic acids is 1. The SMILES string of the molecule is COc1c(Br)c([C@@H]2ON=C(C(=O)N/N=C\c3ccsc3)[C@@H]2C)c(Br)c2c1OCO2. The van der Waals surface area contributed by atoms with E-state index in [1.807, 2.05) is 23.8 Å². The second-order valence-corrected chi connectivity index (χ2v) is 8.55. The van der Waals surface area contributed by atoms with Crippen LogP contribution in [0.4, 0.5) is 0 Å². The van der Waals surface area contributed by atoms with Gasteiger partial charge in [0.05, 0.1) is 28.2 Å². The lowest BCUT2D eigenvalue weighted by Crippen LogP contribution is -2.31. The molecule has 152 valence electrons. The molecule has 3 heterocycles. The first-order valence-electron chi connectivity index (χ1n) is 8.46. The van der Waals surface area contributed by atoms with Gasteiger partial charge in [-0.15, -0.1) is 0 Å². The Morgan fingerprint density at radius 3 is 2.90 bits per heavy atom. The van der Waals surface area contributed by atoms with Crippen LogP contribution in [0.5, 0.6) is 17.2 Å². The third-order valence-corrected chi connectivity index (χ3v) is 6.76. The van der Waals surface area contributed by atoms with E-state index < -0.39 is 12.0 Å². The normalized spacial score (nSPS) is 19.9. The van der Waals surface area contributed by atoms with E-state index in [2.05, 4.69) is 47.5 Å². The number of methoxy groups -OCH3 is 1. The minimum Gasteiger partial charge on any atom is -0.492 e. The lowest BCUT2D eigenvalue weighted by atomic mass is 9.93. The second kappa shape index (κ2) is 8.33. The summed E-state index contributed by atoms with van der Waals surface area (Å²) >= 11 is 8.67. The van der Waals surface area contributed by atoms with Crippen LogP contribution in [0, 0.1) is 5.92 Å². The summed E-state index contributed by atoms with van der Waals surface area (Å²) in [6, 6.07) is 1.90. The Kier molecular flexibility index (Phi) is 5.79. The minimum absolute atomic E-state index is 0.0908. The molecule has 2 aliphatic heterocycles. The zero-order valence-electron chi connectivity index (χ0n) is 15.3. The molecule has 0 unspecified atom stereocenters. The summed E-state index contributed by atoms with van der Waals surface area (Å²) in [5.74, 6) is 0.747. The molecule has 0 bridgehead atoms. The molecule has 0 radical (unpaired) electrons. The highest BCUT2D eigenvalue weighted by molar-refractivity contribution is 9.11. The summed E-state index contributed by atoms with van der Waals surface area (Å²) in [4.78, 5) is 18.1. The van der Waals surface area contributed by atoms with Crippen molar-refractivity contribution in [3.8, 4) is 17.2 Å². The Bertz CT molecular complexity index is 1010. The zero-order valence-corrected chi connectivity index (χ0v) is 19.3. The van der Waals surface area contributed by atoms with E-state index in [4.69, 9.17) is 19.0 Å². The van der Waals surface area contributed by atoms with Crippen molar-refractivity contribution in [1.82, 2.24) is 5.43 Å². The van der Waals surface area contributed by atoms with Gasteiger partial charge in [-0.05, 0) is 48.7 Å². The molecule has 1 N–H and O–H groups in total. The van der Waals surface area contributed by atoms with Gasteiger partial charge in [0.25, 0.3) is 5.91 Å². The molecule has 2 atom stereocenters. The molecular weight excluding hydrogens is 530 g/mol. The topological polar surface area (TPSA) is 90.7 Å². The maximum Gasteiger partial charge on any atom is 0.289 e. The molecule has 0 saturated heterocycles. The van der Waals surface area contributed by atoms with Crippen molar-refractivity contribution in [1.29, 1.82) is 0 Å². The van der Waals surface area contributed by atoms with Crippen LogP contribution in [-0.4, -0.2) is 31.7 Å². The van der Waals surface area contributed by atoms with Gasteiger partial charge in [-0.3, -0.25) is 4.79 Å². The summed E-state index contributed by atoms with van der Waals surface area (Å²) in [7, 11) is 1.54. The fraction of sp³-hybridized carbons (Fsp3) is 0.278. The van der Waals surface area contributed by atoms with Crippen LogP contribution < -0.4 is 19.6 Å². The average Bonchev–Trinajstić information content (AvgIpc) is 3.44. The largest absolute Gasteiger partial charge is 0.492 e. The number of amides is 1. The molecule has 2 aromatic rings. The van der Waals surface area contributed by atoms with Gasteiger partial charge in [-0.1, -0.05) is 12.1 Å². The number of fused-ring (bicyclic) bond motifs is 1. The van der Waals surface area contributed by atoms with Gasteiger partial charge in [-0.2, -0.15) is 16.4 Å². The number of oxime groups is 1. The number of benzene rings is 1. The summed E-state index contributed by atoms with van der Waals surface area (Å²) in [6.07, 6.45) is 1.03. The molecule has 0 fully saturated rings. The van der Waals surface area contributed by atoms with Crippen molar-refractivity contribution in [2.75, 3.05) is 13.9 Å². The lowest BCUT2D eigenvalue weighted by molar-refractivity contribution is -0.115. The number of halogens is 2. The van der Waals surface area contributed by atoms with Gasteiger partial charge < -0.3 is 19.0 Å².